The standard InChI is InChI=1S/C17H15N5O4S/c18-11-6-8-13(15(9-11)20-17(19)23)21-22-14-7-5-10-3-1-2-4-12(10)16(14)27(24,25)26/h1-9H,18H2,(H3,19,20,23)(H,24,25,26). The molecule has 27 heavy (non-hydrogen) atoms. The van der Waals surface area contributed by atoms with Crippen LogP contribution in [0.25, 0.3) is 10.8 Å². The molecule has 0 heterocycles. The number of azo groups is 1. The number of urea groups is 1. The largest absolute Gasteiger partial charge is 0.399 e. The Morgan fingerprint density at radius 3 is 2.37 bits per heavy atom. The Labute approximate surface area is 154 Å². The normalized spacial score (nSPS) is 11.7. The van der Waals surface area contributed by atoms with Crippen molar-refractivity contribution in [2.45, 2.75) is 4.90 Å². The number of fused-ring (bicyclic) bond motifs is 1. The number of primary amides is 1. The number of benzene rings is 3. The molecule has 0 aromatic heterocycles. The lowest BCUT2D eigenvalue weighted by Crippen LogP contribution is -2.19. The van der Waals surface area contributed by atoms with Crippen molar-refractivity contribution in [3.8, 4) is 0 Å². The van der Waals surface area contributed by atoms with Gasteiger partial charge >= 0.3 is 6.03 Å². The molecule has 3 rings (SSSR count). The van der Waals surface area contributed by atoms with E-state index in [0.717, 1.165) is 0 Å². The average Bonchev–Trinajstić information content (AvgIpc) is 2.59. The van der Waals surface area contributed by atoms with E-state index >= 15 is 0 Å². The summed E-state index contributed by atoms with van der Waals surface area (Å²) in [5, 5.41) is 11.2. The number of hydrogen-bond acceptors (Lipinski definition) is 6. The lowest BCUT2D eigenvalue weighted by molar-refractivity contribution is 0.259. The number of rotatable bonds is 4. The van der Waals surface area contributed by atoms with Crippen LogP contribution in [0.2, 0.25) is 0 Å². The highest BCUT2D eigenvalue weighted by molar-refractivity contribution is 7.86. The van der Waals surface area contributed by atoms with E-state index in [2.05, 4.69) is 15.5 Å². The van der Waals surface area contributed by atoms with Crippen LogP contribution >= 0.6 is 0 Å². The summed E-state index contributed by atoms with van der Waals surface area (Å²) in [7, 11) is -4.56. The van der Waals surface area contributed by atoms with Gasteiger partial charge in [0.1, 0.15) is 16.3 Å². The molecule has 9 nitrogen and oxygen atoms in total. The summed E-state index contributed by atoms with van der Waals surface area (Å²) < 4.78 is 33.5. The van der Waals surface area contributed by atoms with Crippen LogP contribution in [0.3, 0.4) is 0 Å². The van der Waals surface area contributed by atoms with Gasteiger partial charge in [-0.2, -0.15) is 8.42 Å². The molecular weight excluding hydrogens is 370 g/mol. The molecule has 138 valence electrons. The molecule has 0 aliphatic carbocycles. The van der Waals surface area contributed by atoms with Gasteiger partial charge in [0.2, 0.25) is 0 Å². The zero-order valence-corrected chi connectivity index (χ0v) is 14.6. The number of anilines is 2. The van der Waals surface area contributed by atoms with Gasteiger partial charge in [-0.1, -0.05) is 30.3 Å². The Balaban J connectivity index is 2.14. The van der Waals surface area contributed by atoms with Gasteiger partial charge in [-0.25, -0.2) is 4.79 Å². The molecule has 0 fully saturated rings. The summed E-state index contributed by atoms with van der Waals surface area (Å²) in [6.07, 6.45) is 0. The molecule has 0 aliphatic heterocycles. The number of carbonyl (C=O) groups excluding carboxylic acids is 1. The fourth-order valence-corrected chi connectivity index (χ4v) is 3.40. The summed E-state index contributed by atoms with van der Waals surface area (Å²) in [4.78, 5) is 10.8. The SMILES string of the molecule is NC(=O)Nc1cc(N)ccc1N=Nc1ccc2ccccc2c1S(=O)(=O)O. The van der Waals surface area contributed by atoms with E-state index in [1.807, 2.05) is 0 Å². The summed E-state index contributed by atoms with van der Waals surface area (Å²) in [6, 6.07) is 13.4. The molecule has 3 aromatic rings. The fourth-order valence-electron chi connectivity index (χ4n) is 2.56. The summed E-state index contributed by atoms with van der Waals surface area (Å²) in [6.45, 7) is 0. The molecule has 0 aliphatic rings. The van der Waals surface area contributed by atoms with Crippen molar-refractivity contribution >= 4 is 49.7 Å². The lowest BCUT2D eigenvalue weighted by Gasteiger charge is -2.08. The smallest absolute Gasteiger partial charge is 0.316 e. The van der Waals surface area contributed by atoms with Crippen molar-refractivity contribution in [2.24, 2.45) is 16.0 Å². The molecule has 0 radical (unpaired) electrons. The van der Waals surface area contributed by atoms with E-state index in [0.29, 0.717) is 16.5 Å². The van der Waals surface area contributed by atoms with Crippen molar-refractivity contribution < 1.29 is 17.8 Å². The highest BCUT2D eigenvalue weighted by Crippen LogP contribution is 2.35. The number of hydrogen-bond donors (Lipinski definition) is 4. The minimum Gasteiger partial charge on any atom is -0.399 e. The third-order valence-electron chi connectivity index (χ3n) is 3.66. The van der Waals surface area contributed by atoms with Crippen molar-refractivity contribution in [3.63, 3.8) is 0 Å². The van der Waals surface area contributed by atoms with Crippen molar-refractivity contribution in [2.75, 3.05) is 11.1 Å². The first-order valence-corrected chi connectivity index (χ1v) is 9.06. The molecule has 3 aromatic carbocycles. The van der Waals surface area contributed by atoms with E-state index in [4.69, 9.17) is 11.5 Å². The van der Waals surface area contributed by atoms with E-state index in [1.54, 1.807) is 30.3 Å². The van der Waals surface area contributed by atoms with Gasteiger partial charge in [0.25, 0.3) is 10.1 Å². The van der Waals surface area contributed by atoms with Crippen molar-refractivity contribution in [1.82, 2.24) is 0 Å². The van der Waals surface area contributed by atoms with Crippen molar-refractivity contribution in [3.05, 3.63) is 54.6 Å². The van der Waals surface area contributed by atoms with Crippen LogP contribution in [0.1, 0.15) is 0 Å². The summed E-state index contributed by atoms with van der Waals surface area (Å²) >= 11 is 0. The van der Waals surface area contributed by atoms with E-state index in [-0.39, 0.29) is 22.0 Å². The number of nitrogens with two attached hydrogens (primary N) is 2. The molecule has 0 bridgehead atoms. The quantitative estimate of drug-likeness (QED) is 0.306. The molecule has 0 saturated carbocycles. The molecule has 0 unspecified atom stereocenters. The second-order valence-electron chi connectivity index (χ2n) is 5.58. The molecule has 0 atom stereocenters. The Bertz CT molecular complexity index is 1180. The second-order valence-corrected chi connectivity index (χ2v) is 6.93. The molecule has 10 heteroatoms. The highest BCUT2D eigenvalue weighted by atomic mass is 32.2. The van der Waals surface area contributed by atoms with Crippen LogP contribution in [-0.4, -0.2) is 19.0 Å². The Kier molecular flexibility index (Phi) is 4.75. The first-order chi connectivity index (χ1) is 12.8. The van der Waals surface area contributed by atoms with Gasteiger partial charge in [-0.3, -0.25) is 4.55 Å². The molecule has 0 saturated heterocycles. The molecule has 6 N–H and O–H groups in total. The van der Waals surface area contributed by atoms with E-state index < -0.39 is 16.1 Å². The third kappa shape index (κ3) is 4.02. The zero-order valence-electron chi connectivity index (χ0n) is 13.8. The molecule has 2 amide bonds. The average molecular weight is 385 g/mol. The molecule has 0 spiro atoms. The maximum atomic E-state index is 11.9. The second kappa shape index (κ2) is 7.02. The van der Waals surface area contributed by atoms with Gasteiger partial charge in [0.05, 0.1) is 5.69 Å². The van der Waals surface area contributed by atoms with Crippen LogP contribution in [0.5, 0.6) is 0 Å². The van der Waals surface area contributed by atoms with Crippen molar-refractivity contribution in [1.29, 1.82) is 0 Å². The summed E-state index contributed by atoms with van der Waals surface area (Å²) in [5.74, 6) is 0. The number of nitrogen functional groups attached to an aromatic ring is 1. The van der Waals surface area contributed by atoms with Gasteiger partial charge < -0.3 is 16.8 Å². The maximum Gasteiger partial charge on any atom is 0.316 e. The monoisotopic (exact) mass is 385 g/mol. The fraction of sp³-hybridized carbons (Fsp3) is 0. The number of amides is 2. The van der Waals surface area contributed by atoms with Gasteiger partial charge in [-0.05, 0) is 29.7 Å². The Morgan fingerprint density at radius 1 is 1.00 bits per heavy atom. The highest BCUT2D eigenvalue weighted by Gasteiger charge is 2.19. The van der Waals surface area contributed by atoms with Crippen LogP contribution < -0.4 is 16.8 Å². The number of nitrogens with zero attached hydrogens (tertiary/aromatic N) is 2. The van der Waals surface area contributed by atoms with E-state index in [9.17, 15) is 17.8 Å². The third-order valence-corrected chi connectivity index (χ3v) is 4.61. The first-order valence-electron chi connectivity index (χ1n) is 7.62. The zero-order chi connectivity index (χ0) is 19.6. The molecular formula is C17H15N5O4S. The Hall–Kier alpha value is -3.50. The van der Waals surface area contributed by atoms with Gasteiger partial charge in [0.15, 0.2) is 0 Å². The number of nitrogens with one attached hydrogen (secondary N) is 1. The van der Waals surface area contributed by atoms with Gasteiger partial charge in [0, 0.05) is 11.1 Å². The predicted octanol–water partition coefficient (Wildman–Crippen LogP) is 3.57. The van der Waals surface area contributed by atoms with Crippen LogP contribution in [0, 0.1) is 0 Å². The predicted molar refractivity (Wildman–Crippen MR) is 102 cm³/mol. The lowest BCUT2D eigenvalue weighted by atomic mass is 10.1. The minimum absolute atomic E-state index is 0.0574. The first kappa shape index (κ1) is 18.3. The van der Waals surface area contributed by atoms with E-state index in [1.165, 1.54) is 24.3 Å². The number of carbonyl (C=O) groups is 1. The maximum absolute atomic E-state index is 11.9. The topological polar surface area (TPSA) is 160 Å². The summed E-state index contributed by atoms with van der Waals surface area (Å²) in [5.41, 5.74) is 11.5. The van der Waals surface area contributed by atoms with Crippen LogP contribution in [0.4, 0.5) is 27.5 Å². The minimum atomic E-state index is -4.56. The van der Waals surface area contributed by atoms with Crippen LogP contribution in [-0.2, 0) is 10.1 Å². The van der Waals surface area contributed by atoms with Crippen LogP contribution in [0.15, 0.2) is 69.7 Å². The van der Waals surface area contributed by atoms with Gasteiger partial charge in [-0.15, -0.1) is 10.2 Å². The Morgan fingerprint density at radius 2 is 1.67 bits per heavy atom.